The molecule has 4 nitrogen and oxygen atoms in total. The van der Waals surface area contributed by atoms with Crippen LogP contribution in [0.3, 0.4) is 0 Å². The van der Waals surface area contributed by atoms with E-state index in [2.05, 4.69) is 17.0 Å². The number of ether oxygens (including phenoxy) is 2. The summed E-state index contributed by atoms with van der Waals surface area (Å²) in [5.74, 6) is 0.317. The fraction of sp³-hybridized carbons (Fsp3) is 0.278. The Hall–Kier alpha value is -2.04. The molecule has 0 atom stereocenters. The standard InChI is InChI=1S/C18H21NO3.ClH/c1-19(14-16-8-4-2-5-9-16)12-13-21-18(20)15-22-17-10-6-3-7-11-17;/h2-11H,12-15H2,1H3;1H. The maximum absolute atomic E-state index is 11.6. The van der Waals surface area contributed by atoms with Crippen molar-refractivity contribution in [1.82, 2.24) is 4.90 Å². The van der Waals surface area contributed by atoms with Gasteiger partial charge in [0.05, 0.1) is 0 Å². The van der Waals surface area contributed by atoms with Gasteiger partial charge in [-0.2, -0.15) is 0 Å². The Labute approximate surface area is 143 Å². The molecule has 0 heterocycles. The van der Waals surface area contributed by atoms with Crippen LogP contribution in [0.4, 0.5) is 0 Å². The average molecular weight is 336 g/mol. The lowest BCUT2D eigenvalue weighted by Crippen LogP contribution is -2.25. The summed E-state index contributed by atoms with van der Waals surface area (Å²) in [6.07, 6.45) is 0. The van der Waals surface area contributed by atoms with Crippen molar-refractivity contribution in [2.24, 2.45) is 0 Å². The van der Waals surface area contributed by atoms with Crippen LogP contribution in [0, 0.1) is 0 Å². The highest BCUT2D eigenvalue weighted by Crippen LogP contribution is 2.08. The van der Waals surface area contributed by atoms with Crippen molar-refractivity contribution in [1.29, 1.82) is 0 Å². The molecule has 0 aromatic heterocycles. The summed E-state index contributed by atoms with van der Waals surface area (Å²) in [7, 11) is 2.00. The molecule has 2 aromatic rings. The molecule has 0 saturated heterocycles. The van der Waals surface area contributed by atoms with E-state index in [4.69, 9.17) is 9.47 Å². The van der Waals surface area contributed by atoms with Crippen LogP contribution in [0.5, 0.6) is 5.75 Å². The van der Waals surface area contributed by atoms with Crippen LogP contribution in [-0.2, 0) is 16.1 Å². The third-order valence-electron chi connectivity index (χ3n) is 3.13. The second-order valence-electron chi connectivity index (χ2n) is 5.05. The van der Waals surface area contributed by atoms with Crippen molar-refractivity contribution >= 4 is 18.4 Å². The van der Waals surface area contributed by atoms with Gasteiger partial charge in [0.15, 0.2) is 6.61 Å². The predicted octanol–water partition coefficient (Wildman–Crippen LogP) is 3.16. The minimum atomic E-state index is -0.350. The predicted molar refractivity (Wildman–Crippen MR) is 92.9 cm³/mol. The Morgan fingerprint density at radius 3 is 2.26 bits per heavy atom. The zero-order valence-corrected chi connectivity index (χ0v) is 14.0. The Kier molecular flexibility index (Phi) is 8.80. The number of benzene rings is 2. The zero-order chi connectivity index (χ0) is 15.6. The van der Waals surface area contributed by atoms with Crippen LogP contribution >= 0.6 is 12.4 Å². The molecule has 0 unspecified atom stereocenters. The van der Waals surface area contributed by atoms with Crippen LogP contribution in [0.15, 0.2) is 60.7 Å². The van der Waals surface area contributed by atoms with E-state index in [0.29, 0.717) is 18.9 Å². The van der Waals surface area contributed by atoms with Gasteiger partial charge in [0.25, 0.3) is 0 Å². The number of rotatable bonds is 8. The normalized spacial score (nSPS) is 10.0. The second kappa shape index (κ2) is 10.6. The average Bonchev–Trinajstić information content (AvgIpc) is 2.55. The number of esters is 1. The van der Waals surface area contributed by atoms with Crippen molar-refractivity contribution in [3.05, 3.63) is 66.2 Å². The molecule has 0 amide bonds. The first kappa shape index (κ1) is 19.0. The first-order valence-electron chi connectivity index (χ1n) is 7.30. The van der Waals surface area contributed by atoms with Crippen molar-refractivity contribution in [3.63, 3.8) is 0 Å². The molecule has 0 aliphatic carbocycles. The van der Waals surface area contributed by atoms with Crippen molar-refractivity contribution < 1.29 is 14.3 Å². The maximum Gasteiger partial charge on any atom is 0.344 e. The molecule has 0 radical (unpaired) electrons. The van der Waals surface area contributed by atoms with E-state index >= 15 is 0 Å². The van der Waals surface area contributed by atoms with E-state index in [-0.39, 0.29) is 25.0 Å². The molecule has 0 aliphatic rings. The summed E-state index contributed by atoms with van der Waals surface area (Å²) in [4.78, 5) is 13.7. The van der Waals surface area contributed by atoms with Gasteiger partial charge in [-0.25, -0.2) is 4.79 Å². The number of likely N-dealkylation sites (N-methyl/N-ethyl adjacent to an activating group) is 1. The lowest BCUT2D eigenvalue weighted by atomic mass is 10.2. The van der Waals surface area contributed by atoms with Crippen molar-refractivity contribution in [2.45, 2.75) is 6.54 Å². The Morgan fingerprint density at radius 1 is 1.00 bits per heavy atom. The van der Waals surface area contributed by atoms with Gasteiger partial charge in [0, 0.05) is 13.1 Å². The summed E-state index contributed by atoms with van der Waals surface area (Å²) < 4.78 is 10.5. The minimum Gasteiger partial charge on any atom is -0.482 e. The number of carbonyl (C=O) groups is 1. The van der Waals surface area contributed by atoms with Gasteiger partial charge in [0.1, 0.15) is 12.4 Å². The van der Waals surface area contributed by atoms with Gasteiger partial charge in [-0.05, 0) is 24.7 Å². The Bertz CT molecular complexity index is 563. The smallest absolute Gasteiger partial charge is 0.344 e. The van der Waals surface area contributed by atoms with Crippen LogP contribution in [0.2, 0.25) is 0 Å². The molecule has 2 rings (SSSR count). The topological polar surface area (TPSA) is 38.8 Å². The first-order valence-corrected chi connectivity index (χ1v) is 7.30. The van der Waals surface area contributed by atoms with E-state index in [1.807, 2.05) is 43.4 Å². The minimum absolute atomic E-state index is 0. The Balaban J connectivity index is 0.00000264. The highest BCUT2D eigenvalue weighted by Gasteiger charge is 2.05. The van der Waals surface area contributed by atoms with E-state index < -0.39 is 0 Å². The molecule has 0 fully saturated rings. The molecule has 23 heavy (non-hydrogen) atoms. The molecule has 0 N–H and O–H groups in total. The molecule has 0 aliphatic heterocycles. The van der Waals surface area contributed by atoms with E-state index in [1.165, 1.54) is 5.56 Å². The fourth-order valence-corrected chi connectivity index (χ4v) is 1.99. The second-order valence-corrected chi connectivity index (χ2v) is 5.05. The number of hydrogen-bond acceptors (Lipinski definition) is 4. The van der Waals surface area contributed by atoms with Crippen LogP contribution in [0.25, 0.3) is 0 Å². The monoisotopic (exact) mass is 335 g/mol. The maximum atomic E-state index is 11.6. The van der Waals surface area contributed by atoms with Crippen LogP contribution in [-0.4, -0.2) is 37.7 Å². The van der Waals surface area contributed by atoms with Crippen LogP contribution in [0.1, 0.15) is 5.56 Å². The Morgan fingerprint density at radius 2 is 1.61 bits per heavy atom. The van der Waals surface area contributed by atoms with E-state index in [0.717, 1.165) is 6.54 Å². The zero-order valence-electron chi connectivity index (χ0n) is 13.2. The largest absolute Gasteiger partial charge is 0.482 e. The molecular formula is C18H22ClNO3. The number of para-hydroxylation sites is 1. The SMILES string of the molecule is CN(CCOC(=O)COc1ccccc1)Cc1ccccc1.Cl. The summed E-state index contributed by atoms with van der Waals surface area (Å²) in [6, 6.07) is 19.4. The molecule has 0 bridgehead atoms. The molecule has 124 valence electrons. The molecule has 2 aromatic carbocycles. The lowest BCUT2D eigenvalue weighted by molar-refractivity contribution is -0.146. The van der Waals surface area contributed by atoms with Gasteiger partial charge in [-0.15, -0.1) is 12.4 Å². The molecular weight excluding hydrogens is 314 g/mol. The first-order chi connectivity index (χ1) is 10.7. The van der Waals surface area contributed by atoms with Crippen LogP contribution < -0.4 is 4.74 Å². The van der Waals surface area contributed by atoms with Gasteiger partial charge >= 0.3 is 5.97 Å². The number of halogens is 1. The van der Waals surface area contributed by atoms with E-state index in [9.17, 15) is 4.79 Å². The quantitative estimate of drug-likeness (QED) is 0.695. The summed E-state index contributed by atoms with van der Waals surface area (Å²) >= 11 is 0. The van der Waals surface area contributed by atoms with E-state index in [1.54, 1.807) is 12.1 Å². The number of carbonyl (C=O) groups excluding carboxylic acids is 1. The molecule has 5 heteroatoms. The summed E-state index contributed by atoms with van der Waals surface area (Å²) in [5.41, 5.74) is 1.24. The number of nitrogens with zero attached hydrogens (tertiary/aromatic N) is 1. The molecule has 0 spiro atoms. The summed E-state index contributed by atoms with van der Waals surface area (Å²) in [6.45, 7) is 1.82. The number of hydrogen-bond donors (Lipinski definition) is 0. The highest BCUT2D eigenvalue weighted by molar-refractivity contribution is 5.85. The fourth-order valence-electron chi connectivity index (χ4n) is 1.99. The highest BCUT2D eigenvalue weighted by atomic mass is 35.5. The van der Waals surface area contributed by atoms with Gasteiger partial charge < -0.3 is 9.47 Å². The van der Waals surface area contributed by atoms with Crippen molar-refractivity contribution in [3.8, 4) is 5.75 Å². The molecule has 0 saturated carbocycles. The third kappa shape index (κ3) is 7.68. The van der Waals surface area contributed by atoms with Crippen molar-refractivity contribution in [2.75, 3.05) is 26.8 Å². The van der Waals surface area contributed by atoms with Gasteiger partial charge in [0.2, 0.25) is 0 Å². The summed E-state index contributed by atoms with van der Waals surface area (Å²) in [5, 5.41) is 0. The van der Waals surface area contributed by atoms with Gasteiger partial charge in [-0.1, -0.05) is 48.5 Å². The third-order valence-corrected chi connectivity index (χ3v) is 3.13. The lowest BCUT2D eigenvalue weighted by Gasteiger charge is -2.16. The van der Waals surface area contributed by atoms with Gasteiger partial charge in [-0.3, -0.25) is 4.90 Å².